The van der Waals surface area contributed by atoms with Gasteiger partial charge in [-0.1, -0.05) is 11.6 Å². The number of halogens is 2. The molecule has 3 heterocycles. The third kappa shape index (κ3) is 4.45. The fraction of sp³-hybridized carbons (Fsp3) is 0.364. The zero-order chi connectivity index (χ0) is 22.8. The fourth-order valence-electron chi connectivity index (χ4n) is 3.91. The van der Waals surface area contributed by atoms with Gasteiger partial charge in [-0.05, 0) is 49.4 Å². The molecule has 3 aromatic heterocycles. The van der Waals surface area contributed by atoms with Crippen molar-refractivity contribution in [3.05, 3.63) is 40.9 Å². The molecule has 8 nitrogen and oxygen atoms in total. The second kappa shape index (κ2) is 9.26. The highest BCUT2D eigenvalue weighted by Crippen LogP contribution is 2.38. The normalized spacial score (nSPS) is 13.7. The first-order chi connectivity index (χ1) is 16.1. The Morgan fingerprint density at radius 1 is 1.12 bits per heavy atom. The number of aryl methyl sites for hydroxylation is 2. The summed E-state index contributed by atoms with van der Waals surface area (Å²) < 4.78 is 45.9. The number of alkyl halides is 2. The standard InChI is InChI=1S/C22H20F2N4O4S/c1-29-15-9-12(7-8-14(15)31-22(23)24)19-27-17(32-28-19)10-30-20-18-13-5-3-2-4-6-16(13)33-21(18)26-11-25-20/h7-9,11,22H,2-6,10H2,1H3. The Morgan fingerprint density at radius 3 is 2.85 bits per heavy atom. The Labute approximate surface area is 191 Å². The molecule has 0 saturated carbocycles. The Balaban J connectivity index is 1.35. The molecule has 1 aliphatic rings. The van der Waals surface area contributed by atoms with Crippen LogP contribution in [0.15, 0.2) is 29.0 Å². The highest BCUT2D eigenvalue weighted by Gasteiger charge is 2.21. The largest absolute Gasteiger partial charge is 0.493 e. The van der Waals surface area contributed by atoms with Gasteiger partial charge >= 0.3 is 6.61 Å². The summed E-state index contributed by atoms with van der Waals surface area (Å²) >= 11 is 1.71. The average Bonchev–Trinajstić information content (AvgIpc) is 3.36. The lowest BCUT2D eigenvalue weighted by Crippen LogP contribution is -2.03. The van der Waals surface area contributed by atoms with Crippen LogP contribution in [-0.4, -0.2) is 33.8 Å². The number of benzene rings is 1. The van der Waals surface area contributed by atoms with E-state index < -0.39 is 6.61 Å². The van der Waals surface area contributed by atoms with Gasteiger partial charge in [0, 0.05) is 10.4 Å². The maximum Gasteiger partial charge on any atom is 0.387 e. The van der Waals surface area contributed by atoms with Crippen LogP contribution >= 0.6 is 11.3 Å². The molecule has 1 aliphatic carbocycles. The highest BCUT2D eigenvalue weighted by molar-refractivity contribution is 7.18. The molecule has 5 rings (SSSR count). The Bertz CT molecular complexity index is 1280. The van der Waals surface area contributed by atoms with Crippen molar-refractivity contribution in [3.8, 4) is 28.8 Å². The van der Waals surface area contributed by atoms with Crippen molar-refractivity contribution in [2.24, 2.45) is 0 Å². The van der Waals surface area contributed by atoms with Crippen molar-refractivity contribution in [1.29, 1.82) is 0 Å². The van der Waals surface area contributed by atoms with Crippen LogP contribution in [0.4, 0.5) is 8.78 Å². The Morgan fingerprint density at radius 2 is 2.00 bits per heavy atom. The number of nitrogens with zero attached hydrogens (tertiary/aromatic N) is 4. The van der Waals surface area contributed by atoms with Crippen LogP contribution in [0.3, 0.4) is 0 Å². The molecular weight excluding hydrogens is 454 g/mol. The summed E-state index contributed by atoms with van der Waals surface area (Å²) in [4.78, 5) is 15.4. The molecule has 0 aliphatic heterocycles. The summed E-state index contributed by atoms with van der Waals surface area (Å²) in [6, 6.07) is 4.42. The molecule has 11 heteroatoms. The third-order valence-electron chi connectivity index (χ3n) is 5.40. The van der Waals surface area contributed by atoms with Crippen molar-refractivity contribution < 1.29 is 27.5 Å². The van der Waals surface area contributed by atoms with Gasteiger partial charge in [-0.25, -0.2) is 9.97 Å². The lowest BCUT2D eigenvalue weighted by Gasteiger charge is -2.10. The maximum absolute atomic E-state index is 12.5. The summed E-state index contributed by atoms with van der Waals surface area (Å²) in [5, 5.41) is 4.93. The summed E-state index contributed by atoms with van der Waals surface area (Å²) in [6.07, 6.45) is 7.11. The van der Waals surface area contributed by atoms with Gasteiger partial charge in [-0.15, -0.1) is 11.3 Å². The van der Waals surface area contributed by atoms with Gasteiger partial charge in [0.1, 0.15) is 11.2 Å². The second-order valence-electron chi connectivity index (χ2n) is 7.47. The monoisotopic (exact) mass is 474 g/mol. The first-order valence-corrected chi connectivity index (χ1v) is 11.3. The Hall–Kier alpha value is -3.34. The van der Waals surface area contributed by atoms with Crippen LogP contribution in [-0.2, 0) is 19.4 Å². The molecule has 0 saturated heterocycles. The predicted octanol–water partition coefficient (Wildman–Crippen LogP) is 5.20. The number of hydrogen-bond acceptors (Lipinski definition) is 9. The SMILES string of the molecule is COc1cc(-c2noc(COc3ncnc4sc5c(c34)CCCCC5)n2)ccc1OC(F)F. The van der Waals surface area contributed by atoms with E-state index in [0.29, 0.717) is 11.4 Å². The fourth-order valence-corrected chi connectivity index (χ4v) is 5.13. The molecule has 0 fully saturated rings. The molecule has 0 radical (unpaired) electrons. The predicted molar refractivity (Wildman–Crippen MR) is 116 cm³/mol. The van der Waals surface area contributed by atoms with E-state index in [2.05, 4.69) is 24.8 Å². The molecule has 0 N–H and O–H groups in total. The first-order valence-electron chi connectivity index (χ1n) is 10.5. The lowest BCUT2D eigenvalue weighted by molar-refractivity contribution is -0.0512. The van der Waals surface area contributed by atoms with Crippen molar-refractivity contribution in [1.82, 2.24) is 20.1 Å². The van der Waals surface area contributed by atoms with E-state index in [-0.39, 0.29) is 29.8 Å². The van der Waals surface area contributed by atoms with E-state index in [0.717, 1.165) is 29.5 Å². The van der Waals surface area contributed by atoms with Gasteiger partial charge in [0.05, 0.1) is 12.5 Å². The van der Waals surface area contributed by atoms with Gasteiger partial charge < -0.3 is 18.7 Å². The van der Waals surface area contributed by atoms with Crippen molar-refractivity contribution >= 4 is 21.6 Å². The number of aromatic nitrogens is 4. The Kier molecular flexibility index (Phi) is 6.03. The molecule has 0 amide bonds. The number of fused-ring (bicyclic) bond motifs is 3. The smallest absolute Gasteiger partial charge is 0.387 e. The van der Waals surface area contributed by atoms with Gasteiger partial charge in [0.15, 0.2) is 18.1 Å². The van der Waals surface area contributed by atoms with E-state index in [9.17, 15) is 8.78 Å². The van der Waals surface area contributed by atoms with E-state index in [1.807, 2.05) is 0 Å². The van der Waals surface area contributed by atoms with Gasteiger partial charge in [-0.2, -0.15) is 13.8 Å². The van der Waals surface area contributed by atoms with Crippen LogP contribution in [0, 0.1) is 0 Å². The molecule has 0 unspecified atom stereocenters. The van der Waals surface area contributed by atoms with Crippen LogP contribution in [0.1, 0.15) is 35.6 Å². The third-order valence-corrected chi connectivity index (χ3v) is 6.60. The number of thiophene rings is 1. The van der Waals surface area contributed by atoms with Crippen molar-refractivity contribution in [2.45, 2.75) is 45.3 Å². The summed E-state index contributed by atoms with van der Waals surface area (Å²) in [7, 11) is 1.36. The topological polar surface area (TPSA) is 92.4 Å². The van der Waals surface area contributed by atoms with Crippen molar-refractivity contribution in [3.63, 3.8) is 0 Å². The number of rotatable bonds is 7. The second-order valence-corrected chi connectivity index (χ2v) is 8.55. The summed E-state index contributed by atoms with van der Waals surface area (Å²) in [5.74, 6) is 1.09. The molecular formula is C22H20F2N4O4S. The zero-order valence-electron chi connectivity index (χ0n) is 17.7. The van der Waals surface area contributed by atoms with Gasteiger partial charge in [0.25, 0.3) is 5.89 Å². The van der Waals surface area contributed by atoms with Crippen LogP contribution < -0.4 is 14.2 Å². The van der Waals surface area contributed by atoms with E-state index in [1.165, 1.54) is 48.9 Å². The molecule has 33 heavy (non-hydrogen) atoms. The van der Waals surface area contributed by atoms with E-state index in [1.54, 1.807) is 17.4 Å². The molecule has 0 atom stereocenters. The minimum Gasteiger partial charge on any atom is -0.493 e. The first kappa shape index (κ1) is 21.5. The van der Waals surface area contributed by atoms with Gasteiger partial charge in [-0.3, -0.25) is 0 Å². The lowest BCUT2D eigenvalue weighted by atomic mass is 10.1. The molecule has 1 aromatic carbocycles. The maximum atomic E-state index is 12.5. The van der Waals surface area contributed by atoms with E-state index in [4.69, 9.17) is 14.0 Å². The van der Waals surface area contributed by atoms with Crippen LogP contribution in [0.5, 0.6) is 17.4 Å². The molecule has 4 aromatic rings. The van der Waals surface area contributed by atoms with Crippen LogP contribution in [0.25, 0.3) is 21.6 Å². The summed E-state index contributed by atoms with van der Waals surface area (Å²) in [6.45, 7) is -2.92. The highest BCUT2D eigenvalue weighted by atomic mass is 32.1. The zero-order valence-corrected chi connectivity index (χ0v) is 18.5. The molecule has 0 bridgehead atoms. The molecule has 0 spiro atoms. The van der Waals surface area contributed by atoms with Gasteiger partial charge in [0.2, 0.25) is 11.7 Å². The molecule has 172 valence electrons. The minimum absolute atomic E-state index is 0.0352. The number of methoxy groups -OCH3 is 1. The number of ether oxygens (including phenoxy) is 3. The van der Waals surface area contributed by atoms with E-state index >= 15 is 0 Å². The van der Waals surface area contributed by atoms with Crippen molar-refractivity contribution in [2.75, 3.05) is 7.11 Å². The average molecular weight is 474 g/mol. The summed E-state index contributed by atoms with van der Waals surface area (Å²) in [5.41, 5.74) is 1.81. The van der Waals surface area contributed by atoms with Crippen LogP contribution in [0.2, 0.25) is 0 Å². The quantitative estimate of drug-likeness (QED) is 0.338. The number of hydrogen-bond donors (Lipinski definition) is 0. The minimum atomic E-state index is -2.95.